The number of rotatable bonds is 9. The Labute approximate surface area is 164 Å². The minimum absolute atomic E-state index is 1.14. The van der Waals surface area contributed by atoms with Crippen molar-refractivity contribution in [2.24, 2.45) is 0 Å². The second kappa shape index (κ2) is 19.8. The lowest BCUT2D eigenvalue weighted by Crippen LogP contribution is -1.77. The number of hydrogen-bond donors (Lipinski definition) is 0. The molecule has 0 spiro atoms. The van der Waals surface area contributed by atoms with Crippen LogP contribution < -0.4 is 0 Å². The first-order valence-corrected chi connectivity index (χ1v) is 10.9. The molecule has 0 radical (unpaired) electrons. The van der Waals surface area contributed by atoms with Gasteiger partial charge in [-0.1, -0.05) is 140 Å². The molecule has 0 aliphatic rings. The van der Waals surface area contributed by atoms with E-state index in [1.165, 1.54) is 62.5 Å². The van der Waals surface area contributed by atoms with Gasteiger partial charge in [-0.25, -0.2) is 0 Å². The monoisotopic (exact) mass is 354 g/mol. The molecular weight excluding hydrogens is 312 g/mol. The van der Waals surface area contributed by atoms with E-state index < -0.39 is 0 Å². The predicted octanol–water partition coefficient (Wildman–Crippen LogP) is 8.65. The van der Waals surface area contributed by atoms with Gasteiger partial charge in [0.05, 0.1) is 0 Å². The average Bonchev–Trinajstić information content (AvgIpc) is 2.73. The summed E-state index contributed by atoms with van der Waals surface area (Å²) in [5.74, 6) is 0. The molecule has 0 aliphatic carbocycles. The summed E-state index contributed by atoms with van der Waals surface area (Å²) >= 11 is 0. The zero-order valence-electron chi connectivity index (χ0n) is 17.8. The maximum absolute atomic E-state index is 2.27. The molecule has 26 heavy (non-hydrogen) atoms. The van der Waals surface area contributed by atoms with E-state index >= 15 is 0 Å². The molecule has 0 amide bonds. The normalized spacial score (nSPS) is 9.54. The first-order valence-electron chi connectivity index (χ1n) is 10.9. The first-order chi connectivity index (χ1) is 12.8. The second-order valence-electron chi connectivity index (χ2n) is 6.80. The van der Waals surface area contributed by atoms with Crippen molar-refractivity contribution in [1.82, 2.24) is 0 Å². The lowest BCUT2D eigenvalue weighted by Gasteiger charge is -1.97. The van der Waals surface area contributed by atoms with Crippen LogP contribution in [0.4, 0.5) is 0 Å². The van der Waals surface area contributed by atoms with Gasteiger partial charge in [0.1, 0.15) is 0 Å². The number of aryl methyl sites for hydroxylation is 2. The Balaban J connectivity index is 0.000000363. The van der Waals surface area contributed by atoms with Crippen molar-refractivity contribution in [2.45, 2.75) is 91.9 Å². The molecule has 0 N–H and O–H groups in total. The SMILES string of the molecule is CCCCCCCCCC.CCc1ccccc1.CCc1ccccc1. The summed E-state index contributed by atoms with van der Waals surface area (Å²) in [7, 11) is 0. The van der Waals surface area contributed by atoms with Gasteiger partial charge < -0.3 is 0 Å². The zero-order chi connectivity index (χ0) is 19.3. The minimum atomic E-state index is 1.14. The lowest BCUT2D eigenvalue weighted by molar-refractivity contribution is 0.585. The van der Waals surface area contributed by atoms with Gasteiger partial charge in [-0.05, 0) is 24.0 Å². The van der Waals surface area contributed by atoms with Gasteiger partial charge >= 0.3 is 0 Å². The fraction of sp³-hybridized carbons (Fsp3) is 0.538. The Kier molecular flexibility index (Phi) is 18.6. The molecule has 0 heteroatoms. The van der Waals surface area contributed by atoms with Crippen molar-refractivity contribution in [3.05, 3.63) is 71.8 Å². The van der Waals surface area contributed by atoms with Gasteiger partial charge in [-0.15, -0.1) is 0 Å². The summed E-state index contributed by atoms with van der Waals surface area (Å²) in [5, 5.41) is 0. The molecule has 0 aliphatic heterocycles. The molecule has 2 aromatic rings. The highest BCUT2D eigenvalue weighted by molar-refractivity contribution is 5.14. The van der Waals surface area contributed by atoms with Crippen LogP contribution in [0.3, 0.4) is 0 Å². The van der Waals surface area contributed by atoms with Crippen LogP contribution in [0.2, 0.25) is 0 Å². The van der Waals surface area contributed by atoms with Crippen molar-refractivity contribution in [3.8, 4) is 0 Å². The molecule has 2 rings (SSSR count). The summed E-state index contributed by atoms with van der Waals surface area (Å²) < 4.78 is 0. The third-order valence-corrected chi connectivity index (χ3v) is 4.46. The van der Waals surface area contributed by atoms with E-state index in [0.29, 0.717) is 0 Å². The molecule has 0 saturated carbocycles. The summed E-state index contributed by atoms with van der Waals surface area (Å²) in [6.45, 7) is 8.86. The average molecular weight is 355 g/mol. The Morgan fingerprint density at radius 2 is 0.731 bits per heavy atom. The highest BCUT2D eigenvalue weighted by Crippen LogP contribution is 2.07. The van der Waals surface area contributed by atoms with Crippen LogP contribution in [0.5, 0.6) is 0 Å². The summed E-state index contributed by atoms with van der Waals surface area (Å²) in [5.41, 5.74) is 2.82. The maximum Gasteiger partial charge on any atom is -0.0307 e. The topological polar surface area (TPSA) is 0 Å². The van der Waals surface area contributed by atoms with Gasteiger partial charge in [0.2, 0.25) is 0 Å². The Morgan fingerprint density at radius 3 is 0.962 bits per heavy atom. The summed E-state index contributed by atoms with van der Waals surface area (Å²) in [4.78, 5) is 0. The molecule has 0 bridgehead atoms. The zero-order valence-corrected chi connectivity index (χ0v) is 17.8. The molecule has 0 unspecified atom stereocenters. The predicted molar refractivity (Wildman–Crippen MR) is 120 cm³/mol. The molecule has 0 aromatic heterocycles. The molecule has 0 nitrogen and oxygen atoms in total. The fourth-order valence-corrected chi connectivity index (χ4v) is 2.63. The van der Waals surface area contributed by atoms with Crippen LogP contribution in [-0.2, 0) is 12.8 Å². The van der Waals surface area contributed by atoms with Crippen LogP contribution in [-0.4, -0.2) is 0 Å². The third-order valence-electron chi connectivity index (χ3n) is 4.46. The molecular formula is C26H42. The van der Waals surface area contributed by atoms with Gasteiger partial charge in [-0.2, -0.15) is 0 Å². The van der Waals surface area contributed by atoms with Crippen molar-refractivity contribution in [3.63, 3.8) is 0 Å². The Morgan fingerprint density at radius 1 is 0.423 bits per heavy atom. The van der Waals surface area contributed by atoms with Crippen molar-refractivity contribution in [2.75, 3.05) is 0 Å². The van der Waals surface area contributed by atoms with E-state index in [9.17, 15) is 0 Å². The molecule has 2 aromatic carbocycles. The fourth-order valence-electron chi connectivity index (χ4n) is 2.63. The van der Waals surface area contributed by atoms with Gasteiger partial charge in [-0.3, -0.25) is 0 Å². The van der Waals surface area contributed by atoms with Gasteiger partial charge in [0, 0.05) is 0 Å². The van der Waals surface area contributed by atoms with Crippen LogP contribution in [0, 0.1) is 0 Å². The van der Waals surface area contributed by atoms with Crippen molar-refractivity contribution in [1.29, 1.82) is 0 Å². The summed E-state index contributed by atoms with van der Waals surface area (Å²) in [6.07, 6.45) is 13.7. The molecule has 0 heterocycles. The Bertz CT molecular complexity index is 424. The van der Waals surface area contributed by atoms with Crippen LogP contribution in [0.1, 0.15) is 90.2 Å². The van der Waals surface area contributed by atoms with Crippen molar-refractivity contribution >= 4 is 0 Å². The highest BCUT2D eigenvalue weighted by Gasteiger charge is 1.87. The van der Waals surface area contributed by atoms with E-state index in [1.54, 1.807) is 0 Å². The van der Waals surface area contributed by atoms with Crippen LogP contribution in [0.15, 0.2) is 60.7 Å². The van der Waals surface area contributed by atoms with Crippen LogP contribution >= 0.6 is 0 Å². The van der Waals surface area contributed by atoms with E-state index in [2.05, 4.69) is 76.2 Å². The highest BCUT2D eigenvalue weighted by atomic mass is 13.9. The molecule has 0 fully saturated rings. The second-order valence-corrected chi connectivity index (χ2v) is 6.80. The largest absolute Gasteiger partial charge is 0.0654 e. The lowest BCUT2D eigenvalue weighted by atomic mass is 10.1. The smallest absolute Gasteiger partial charge is 0.0307 e. The van der Waals surface area contributed by atoms with E-state index in [4.69, 9.17) is 0 Å². The molecule has 0 saturated heterocycles. The minimum Gasteiger partial charge on any atom is -0.0654 e. The Hall–Kier alpha value is -1.56. The van der Waals surface area contributed by atoms with E-state index in [-0.39, 0.29) is 0 Å². The molecule has 0 atom stereocenters. The molecule has 146 valence electrons. The number of unbranched alkanes of at least 4 members (excludes halogenated alkanes) is 7. The van der Waals surface area contributed by atoms with Gasteiger partial charge in [0.15, 0.2) is 0 Å². The van der Waals surface area contributed by atoms with E-state index in [1.807, 2.05) is 12.1 Å². The number of benzene rings is 2. The van der Waals surface area contributed by atoms with Crippen LogP contribution in [0.25, 0.3) is 0 Å². The quantitative estimate of drug-likeness (QED) is 0.395. The maximum atomic E-state index is 2.27. The summed E-state index contributed by atoms with van der Waals surface area (Å²) in [6, 6.07) is 20.9. The first kappa shape index (κ1) is 24.4. The van der Waals surface area contributed by atoms with Gasteiger partial charge in [0.25, 0.3) is 0 Å². The third kappa shape index (κ3) is 15.9. The van der Waals surface area contributed by atoms with E-state index in [0.717, 1.165) is 12.8 Å². The van der Waals surface area contributed by atoms with Crippen molar-refractivity contribution < 1.29 is 0 Å². The standard InChI is InChI=1S/C10H22.2C8H10/c1-3-5-7-9-10-8-6-4-2;2*1-2-8-6-4-3-5-7-8/h3-10H2,1-2H3;2*3-7H,2H2,1H3. The number of hydrogen-bond acceptors (Lipinski definition) is 0.